The number of carbonyl (C=O) groups excluding carboxylic acids is 1. The molecular formula is C25H30FN7O2. The molecule has 1 fully saturated rings. The summed E-state index contributed by atoms with van der Waals surface area (Å²) in [7, 11) is 1.65. The molecule has 1 aliphatic heterocycles. The van der Waals surface area contributed by atoms with Gasteiger partial charge in [0.1, 0.15) is 5.52 Å². The Hall–Kier alpha value is -3.50. The lowest BCUT2D eigenvalue weighted by Crippen LogP contribution is -2.32. The van der Waals surface area contributed by atoms with E-state index in [0.717, 1.165) is 37.1 Å². The number of imidazole rings is 1. The van der Waals surface area contributed by atoms with Crippen molar-refractivity contribution in [1.82, 2.24) is 24.5 Å². The minimum Gasteiger partial charge on any atom is -0.383 e. The molecule has 9 nitrogen and oxygen atoms in total. The fourth-order valence-electron chi connectivity index (χ4n) is 4.78. The summed E-state index contributed by atoms with van der Waals surface area (Å²) in [4.78, 5) is 19.8. The topological polar surface area (TPSA) is 88.7 Å². The van der Waals surface area contributed by atoms with Crippen molar-refractivity contribution >= 4 is 33.8 Å². The molecule has 0 aliphatic carbocycles. The SMILES string of the molecule is CCN[C@@H]1CCN(c2ccc(C(=O)Nc3cc(F)c4nc(C)cn4c3)c3nn(CCOC)cc23)C1. The summed E-state index contributed by atoms with van der Waals surface area (Å²) < 4.78 is 23.1. The molecule has 0 radical (unpaired) electrons. The molecule has 0 spiro atoms. The van der Waals surface area contributed by atoms with Gasteiger partial charge in [0, 0.05) is 62.0 Å². The molecule has 0 bridgehead atoms. The lowest BCUT2D eigenvalue weighted by molar-refractivity contribution is 0.102. The fourth-order valence-corrected chi connectivity index (χ4v) is 4.78. The molecule has 1 aliphatic rings. The normalized spacial score (nSPS) is 16.0. The molecule has 4 heterocycles. The molecule has 1 amide bonds. The number of halogens is 1. The van der Waals surface area contributed by atoms with Crippen LogP contribution in [0.15, 0.2) is 36.8 Å². The zero-order valence-electron chi connectivity index (χ0n) is 20.2. The Morgan fingerprint density at radius 2 is 2.14 bits per heavy atom. The zero-order valence-corrected chi connectivity index (χ0v) is 20.2. The van der Waals surface area contributed by atoms with Gasteiger partial charge in [-0.2, -0.15) is 5.10 Å². The van der Waals surface area contributed by atoms with Crippen LogP contribution in [0.1, 0.15) is 29.4 Å². The number of hydrogen-bond donors (Lipinski definition) is 2. The number of pyridine rings is 1. The highest BCUT2D eigenvalue weighted by Gasteiger charge is 2.25. The standard InChI is InChI=1S/C25H30FN7O2/c1-4-27-17-7-8-31(13-17)22-6-5-19(23-20(22)15-33(30-23)9-10-35-3)25(34)29-18-11-21(26)24-28-16(2)12-32(24)14-18/h5-6,11-12,14-15,17,27H,4,7-10,13H2,1-3H3,(H,29,34)/t17-/m1/s1. The van der Waals surface area contributed by atoms with Crippen LogP contribution < -0.4 is 15.5 Å². The molecule has 10 heteroatoms. The van der Waals surface area contributed by atoms with E-state index in [-0.39, 0.29) is 11.6 Å². The Morgan fingerprint density at radius 3 is 2.94 bits per heavy atom. The third-order valence-electron chi connectivity index (χ3n) is 6.38. The molecule has 0 saturated carbocycles. The van der Waals surface area contributed by atoms with Gasteiger partial charge in [0.05, 0.1) is 30.1 Å². The van der Waals surface area contributed by atoms with Crippen LogP contribution >= 0.6 is 0 Å². The van der Waals surface area contributed by atoms with Crippen molar-refractivity contribution in [1.29, 1.82) is 0 Å². The number of nitrogens with one attached hydrogen (secondary N) is 2. The second-order valence-corrected chi connectivity index (χ2v) is 8.91. The first-order chi connectivity index (χ1) is 17.0. The number of rotatable bonds is 8. The van der Waals surface area contributed by atoms with Crippen molar-refractivity contribution in [3.63, 3.8) is 0 Å². The molecule has 35 heavy (non-hydrogen) atoms. The van der Waals surface area contributed by atoms with Gasteiger partial charge >= 0.3 is 0 Å². The number of hydrogen-bond acceptors (Lipinski definition) is 6. The maximum Gasteiger partial charge on any atom is 0.257 e. The smallest absolute Gasteiger partial charge is 0.257 e. The van der Waals surface area contributed by atoms with Crippen LogP contribution in [0.2, 0.25) is 0 Å². The number of ether oxygens (including phenoxy) is 1. The number of aryl methyl sites for hydroxylation is 1. The number of methoxy groups -OCH3 is 1. The van der Waals surface area contributed by atoms with E-state index < -0.39 is 5.82 Å². The molecule has 2 N–H and O–H groups in total. The number of aromatic nitrogens is 4. The summed E-state index contributed by atoms with van der Waals surface area (Å²) in [5, 5.41) is 12.0. The van der Waals surface area contributed by atoms with Crippen molar-refractivity contribution < 1.29 is 13.9 Å². The summed E-state index contributed by atoms with van der Waals surface area (Å²) in [6, 6.07) is 5.51. The Kier molecular flexibility index (Phi) is 6.40. The van der Waals surface area contributed by atoms with E-state index in [1.165, 1.54) is 6.07 Å². The van der Waals surface area contributed by atoms with Crippen molar-refractivity contribution in [3.8, 4) is 0 Å². The predicted octanol–water partition coefficient (Wildman–Crippen LogP) is 3.22. The maximum absolute atomic E-state index is 14.5. The molecule has 184 valence electrons. The van der Waals surface area contributed by atoms with Gasteiger partial charge in [0.2, 0.25) is 0 Å². The lowest BCUT2D eigenvalue weighted by Gasteiger charge is -2.20. The number of nitrogens with zero attached hydrogens (tertiary/aromatic N) is 5. The first-order valence-electron chi connectivity index (χ1n) is 11.9. The number of fused-ring (bicyclic) bond motifs is 2. The predicted molar refractivity (Wildman–Crippen MR) is 134 cm³/mol. The minimum atomic E-state index is -0.496. The van der Waals surface area contributed by atoms with Crippen LogP contribution in [0.3, 0.4) is 0 Å². The van der Waals surface area contributed by atoms with Gasteiger partial charge in [-0.1, -0.05) is 6.92 Å². The second-order valence-electron chi connectivity index (χ2n) is 8.91. The van der Waals surface area contributed by atoms with Gasteiger partial charge in [0.25, 0.3) is 5.91 Å². The fraction of sp³-hybridized carbons (Fsp3) is 0.400. The number of likely N-dealkylation sites (N-methyl/N-ethyl adjacent to an activating group) is 1. The highest BCUT2D eigenvalue weighted by atomic mass is 19.1. The summed E-state index contributed by atoms with van der Waals surface area (Å²) in [6.45, 7) is 7.78. The van der Waals surface area contributed by atoms with Gasteiger partial charge in [0.15, 0.2) is 11.5 Å². The zero-order chi connectivity index (χ0) is 24.5. The number of anilines is 2. The Morgan fingerprint density at radius 1 is 1.29 bits per heavy atom. The van der Waals surface area contributed by atoms with Crippen molar-refractivity contribution in [2.24, 2.45) is 0 Å². The molecule has 1 saturated heterocycles. The molecule has 1 atom stereocenters. The van der Waals surface area contributed by atoms with Crippen LogP contribution in [0, 0.1) is 12.7 Å². The van der Waals surface area contributed by atoms with E-state index in [1.807, 2.05) is 16.9 Å². The van der Waals surface area contributed by atoms with Gasteiger partial charge < -0.3 is 24.7 Å². The van der Waals surface area contributed by atoms with Crippen LogP contribution in [-0.4, -0.2) is 64.5 Å². The third-order valence-corrected chi connectivity index (χ3v) is 6.38. The second kappa shape index (κ2) is 9.63. The highest BCUT2D eigenvalue weighted by molar-refractivity contribution is 6.13. The summed E-state index contributed by atoms with van der Waals surface area (Å²) in [5.74, 6) is -0.842. The average Bonchev–Trinajstić information content (AvgIpc) is 3.55. The van der Waals surface area contributed by atoms with E-state index in [9.17, 15) is 9.18 Å². The largest absolute Gasteiger partial charge is 0.383 e. The summed E-state index contributed by atoms with van der Waals surface area (Å²) in [6.07, 6.45) is 6.41. The van der Waals surface area contributed by atoms with Gasteiger partial charge in [-0.25, -0.2) is 9.37 Å². The van der Waals surface area contributed by atoms with E-state index >= 15 is 0 Å². The van der Waals surface area contributed by atoms with Crippen molar-refractivity contribution in [2.45, 2.75) is 32.9 Å². The molecule has 1 aromatic carbocycles. The Balaban J connectivity index is 1.48. The average molecular weight is 480 g/mol. The van der Waals surface area contributed by atoms with Gasteiger partial charge in [-0.15, -0.1) is 0 Å². The van der Waals surface area contributed by atoms with Crippen LogP contribution in [0.25, 0.3) is 16.6 Å². The molecule has 5 rings (SSSR count). The summed E-state index contributed by atoms with van der Waals surface area (Å²) in [5.41, 5.74) is 3.38. The first-order valence-corrected chi connectivity index (χ1v) is 11.9. The summed E-state index contributed by atoms with van der Waals surface area (Å²) >= 11 is 0. The van der Waals surface area contributed by atoms with E-state index in [1.54, 1.807) is 36.9 Å². The first kappa shape index (κ1) is 23.3. The Bertz CT molecular complexity index is 1380. The van der Waals surface area contributed by atoms with Crippen LogP contribution in [-0.2, 0) is 11.3 Å². The van der Waals surface area contributed by atoms with Gasteiger partial charge in [-0.05, 0) is 32.0 Å². The monoisotopic (exact) mass is 479 g/mol. The lowest BCUT2D eigenvalue weighted by atomic mass is 10.1. The quantitative estimate of drug-likeness (QED) is 0.404. The molecule has 4 aromatic rings. The van der Waals surface area contributed by atoms with E-state index in [2.05, 4.69) is 27.4 Å². The van der Waals surface area contributed by atoms with E-state index in [0.29, 0.717) is 41.7 Å². The minimum absolute atomic E-state index is 0.227. The third kappa shape index (κ3) is 4.59. The van der Waals surface area contributed by atoms with Crippen molar-refractivity contribution in [3.05, 3.63) is 53.9 Å². The van der Waals surface area contributed by atoms with Gasteiger partial charge in [-0.3, -0.25) is 9.48 Å². The van der Waals surface area contributed by atoms with Crippen LogP contribution in [0.4, 0.5) is 15.8 Å². The van der Waals surface area contributed by atoms with Crippen LogP contribution in [0.5, 0.6) is 0 Å². The molecular weight excluding hydrogens is 449 g/mol. The van der Waals surface area contributed by atoms with E-state index in [4.69, 9.17) is 9.84 Å². The Labute approximate surface area is 202 Å². The maximum atomic E-state index is 14.5. The number of benzene rings is 1. The van der Waals surface area contributed by atoms with Crippen molar-refractivity contribution in [2.75, 3.05) is 43.6 Å². The number of amides is 1. The molecule has 0 unspecified atom stereocenters. The highest BCUT2D eigenvalue weighted by Crippen LogP contribution is 2.32. The number of carbonyl (C=O) groups is 1. The molecule has 3 aromatic heterocycles.